The second-order valence-electron chi connectivity index (χ2n) is 3.25. The van der Waals surface area contributed by atoms with E-state index in [-0.39, 0.29) is 12.5 Å². The lowest BCUT2D eigenvalue weighted by Gasteiger charge is -2.28. The summed E-state index contributed by atoms with van der Waals surface area (Å²) in [5, 5.41) is 0. The van der Waals surface area contributed by atoms with Crippen molar-refractivity contribution in [3.05, 3.63) is 18.2 Å². The van der Waals surface area contributed by atoms with Crippen LogP contribution in [0.5, 0.6) is 5.75 Å². The Bertz CT molecular complexity index is 395. The SMILES string of the molecule is Nc1ccc2c(c1)N(CCCl)C(=O)CO2. The standard InChI is InChI=1S/C10H11ClN2O2/c11-3-4-13-8-5-7(12)1-2-9(8)15-6-10(13)14/h1-2,5H,3-4,6,12H2. The number of ether oxygens (including phenoxy) is 1. The Morgan fingerprint density at radius 1 is 1.53 bits per heavy atom. The number of rotatable bonds is 2. The molecule has 1 aromatic carbocycles. The molecule has 1 aliphatic heterocycles. The van der Waals surface area contributed by atoms with Crippen molar-refractivity contribution >= 4 is 28.9 Å². The number of anilines is 2. The number of nitrogens with zero attached hydrogens (tertiary/aromatic N) is 1. The summed E-state index contributed by atoms with van der Waals surface area (Å²) < 4.78 is 5.28. The zero-order valence-corrected chi connectivity index (χ0v) is 8.83. The van der Waals surface area contributed by atoms with Gasteiger partial charge in [0.05, 0.1) is 5.69 Å². The maximum atomic E-state index is 11.6. The Morgan fingerprint density at radius 3 is 3.07 bits per heavy atom. The highest BCUT2D eigenvalue weighted by atomic mass is 35.5. The molecule has 0 spiro atoms. The highest BCUT2D eigenvalue weighted by molar-refractivity contribution is 6.18. The minimum Gasteiger partial charge on any atom is -0.482 e. The number of alkyl halides is 1. The van der Waals surface area contributed by atoms with Gasteiger partial charge in [-0.2, -0.15) is 0 Å². The fourth-order valence-corrected chi connectivity index (χ4v) is 1.72. The normalized spacial score (nSPS) is 14.7. The van der Waals surface area contributed by atoms with Crippen molar-refractivity contribution in [1.82, 2.24) is 0 Å². The molecule has 0 saturated carbocycles. The van der Waals surface area contributed by atoms with Crippen LogP contribution in [0.15, 0.2) is 18.2 Å². The third kappa shape index (κ3) is 1.85. The molecule has 0 unspecified atom stereocenters. The summed E-state index contributed by atoms with van der Waals surface area (Å²) in [6.07, 6.45) is 0. The van der Waals surface area contributed by atoms with Crippen LogP contribution in [0, 0.1) is 0 Å². The van der Waals surface area contributed by atoms with Crippen LogP contribution in [-0.2, 0) is 4.79 Å². The Hall–Kier alpha value is -1.42. The van der Waals surface area contributed by atoms with E-state index >= 15 is 0 Å². The van der Waals surface area contributed by atoms with E-state index in [0.717, 1.165) is 0 Å². The summed E-state index contributed by atoms with van der Waals surface area (Å²) in [6, 6.07) is 5.23. The van der Waals surface area contributed by atoms with Gasteiger partial charge in [0.25, 0.3) is 5.91 Å². The fraction of sp³-hybridized carbons (Fsp3) is 0.300. The van der Waals surface area contributed by atoms with Crippen LogP contribution in [0.25, 0.3) is 0 Å². The smallest absolute Gasteiger partial charge is 0.265 e. The van der Waals surface area contributed by atoms with Gasteiger partial charge in [0.1, 0.15) is 5.75 Å². The molecular weight excluding hydrogens is 216 g/mol. The van der Waals surface area contributed by atoms with E-state index < -0.39 is 0 Å². The molecule has 15 heavy (non-hydrogen) atoms. The van der Waals surface area contributed by atoms with E-state index in [4.69, 9.17) is 22.1 Å². The molecule has 2 rings (SSSR count). The zero-order chi connectivity index (χ0) is 10.8. The number of nitrogens with two attached hydrogens (primary N) is 1. The van der Waals surface area contributed by atoms with Crippen molar-refractivity contribution in [2.24, 2.45) is 0 Å². The average Bonchev–Trinajstić information content (AvgIpc) is 2.23. The van der Waals surface area contributed by atoms with Gasteiger partial charge in [0.15, 0.2) is 6.61 Å². The van der Waals surface area contributed by atoms with Gasteiger partial charge in [-0.25, -0.2) is 0 Å². The predicted molar refractivity (Wildman–Crippen MR) is 59.4 cm³/mol. The molecule has 0 aromatic heterocycles. The highest BCUT2D eigenvalue weighted by Crippen LogP contribution is 2.33. The number of halogens is 1. The molecular formula is C10H11ClN2O2. The third-order valence-corrected chi connectivity index (χ3v) is 2.40. The van der Waals surface area contributed by atoms with Gasteiger partial charge < -0.3 is 15.4 Å². The van der Waals surface area contributed by atoms with Gasteiger partial charge in [0, 0.05) is 18.1 Å². The molecule has 1 amide bonds. The Balaban J connectivity index is 2.41. The van der Waals surface area contributed by atoms with Crippen molar-refractivity contribution in [2.45, 2.75) is 0 Å². The fourth-order valence-electron chi connectivity index (χ4n) is 1.55. The Labute approximate surface area is 92.6 Å². The lowest BCUT2D eigenvalue weighted by Crippen LogP contribution is -2.40. The van der Waals surface area contributed by atoms with E-state index in [2.05, 4.69) is 0 Å². The van der Waals surface area contributed by atoms with Crippen molar-refractivity contribution < 1.29 is 9.53 Å². The van der Waals surface area contributed by atoms with Gasteiger partial charge in [0.2, 0.25) is 0 Å². The van der Waals surface area contributed by atoms with E-state index in [9.17, 15) is 4.79 Å². The first-order valence-electron chi connectivity index (χ1n) is 4.61. The number of fused-ring (bicyclic) bond motifs is 1. The van der Waals surface area contributed by atoms with Crippen LogP contribution in [0.1, 0.15) is 0 Å². The van der Waals surface area contributed by atoms with Crippen LogP contribution in [0.3, 0.4) is 0 Å². The number of hydrogen-bond donors (Lipinski definition) is 1. The molecule has 0 radical (unpaired) electrons. The first-order chi connectivity index (χ1) is 7.22. The first-order valence-corrected chi connectivity index (χ1v) is 5.14. The molecule has 0 saturated heterocycles. The van der Waals surface area contributed by atoms with Crippen molar-refractivity contribution in [1.29, 1.82) is 0 Å². The maximum absolute atomic E-state index is 11.6. The van der Waals surface area contributed by atoms with Crippen LogP contribution in [0.2, 0.25) is 0 Å². The number of benzene rings is 1. The predicted octanol–water partition coefficient (Wildman–Crippen LogP) is 1.23. The summed E-state index contributed by atoms with van der Waals surface area (Å²) >= 11 is 5.64. The average molecular weight is 227 g/mol. The first kappa shape index (κ1) is 10.1. The monoisotopic (exact) mass is 226 g/mol. The molecule has 1 aliphatic rings. The second-order valence-corrected chi connectivity index (χ2v) is 3.63. The van der Waals surface area contributed by atoms with Crippen molar-refractivity contribution in [3.63, 3.8) is 0 Å². The van der Waals surface area contributed by atoms with Crippen molar-refractivity contribution in [3.8, 4) is 5.75 Å². The molecule has 5 heteroatoms. The topological polar surface area (TPSA) is 55.6 Å². The van der Waals surface area contributed by atoms with Gasteiger partial charge in [-0.05, 0) is 18.2 Å². The van der Waals surface area contributed by atoms with Gasteiger partial charge in [-0.3, -0.25) is 4.79 Å². The Morgan fingerprint density at radius 2 is 2.33 bits per heavy atom. The lowest BCUT2D eigenvalue weighted by atomic mass is 10.2. The number of amides is 1. The Kier molecular flexibility index (Phi) is 2.68. The van der Waals surface area contributed by atoms with E-state index in [1.807, 2.05) is 0 Å². The quantitative estimate of drug-likeness (QED) is 0.610. The van der Waals surface area contributed by atoms with E-state index in [0.29, 0.717) is 29.5 Å². The second kappa shape index (κ2) is 3.98. The highest BCUT2D eigenvalue weighted by Gasteiger charge is 2.24. The molecule has 80 valence electrons. The molecule has 1 aromatic rings. The summed E-state index contributed by atoms with van der Waals surface area (Å²) in [4.78, 5) is 13.2. The minimum atomic E-state index is -0.0891. The number of carbonyl (C=O) groups is 1. The van der Waals surface area contributed by atoms with E-state index in [1.54, 1.807) is 23.1 Å². The zero-order valence-electron chi connectivity index (χ0n) is 8.07. The molecule has 0 aliphatic carbocycles. The molecule has 1 heterocycles. The summed E-state index contributed by atoms with van der Waals surface area (Å²) in [5.41, 5.74) is 6.96. The molecule has 4 nitrogen and oxygen atoms in total. The summed E-state index contributed by atoms with van der Waals surface area (Å²) in [5.74, 6) is 0.975. The largest absolute Gasteiger partial charge is 0.482 e. The molecule has 0 fully saturated rings. The third-order valence-electron chi connectivity index (χ3n) is 2.23. The van der Waals surface area contributed by atoms with Gasteiger partial charge >= 0.3 is 0 Å². The minimum absolute atomic E-state index is 0.0633. The molecule has 0 bridgehead atoms. The van der Waals surface area contributed by atoms with Crippen molar-refractivity contribution in [2.75, 3.05) is 29.7 Å². The summed E-state index contributed by atoms with van der Waals surface area (Å²) in [6.45, 7) is 0.536. The summed E-state index contributed by atoms with van der Waals surface area (Å²) in [7, 11) is 0. The number of carbonyl (C=O) groups excluding carboxylic acids is 1. The van der Waals surface area contributed by atoms with Gasteiger partial charge in [-0.15, -0.1) is 11.6 Å². The number of nitrogen functional groups attached to an aromatic ring is 1. The lowest BCUT2D eigenvalue weighted by molar-refractivity contribution is -0.121. The maximum Gasteiger partial charge on any atom is 0.265 e. The molecule has 0 atom stereocenters. The van der Waals surface area contributed by atoms with Crippen LogP contribution >= 0.6 is 11.6 Å². The molecule has 2 N–H and O–H groups in total. The van der Waals surface area contributed by atoms with Crippen LogP contribution < -0.4 is 15.4 Å². The number of hydrogen-bond acceptors (Lipinski definition) is 3. The van der Waals surface area contributed by atoms with Crippen LogP contribution in [0.4, 0.5) is 11.4 Å². The van der Waals surface area contributed by atoms with Crippen LogP contribution in [-0.4, -0.2) is 24.9 Å². The van der Waals surface area contributed by atoms with Gasteiger partial charge in [-0.1, -0.05) is 0 Å². The van der Waals surface area contributed by atoms with E-state index in [1.165, 1.54) is 0 Å².